The maximum Gasteiger partial charge on any atom is 0.416 e. The molecule has 0 saturated heterocycles. The highest BCUT2D eigenvalue weighted by atomic mass is 35.5. The van der Waals surface area contributed by atoms with Crippen molar-refractivity contribution in [2.75, 3.05) is 4.72 Å². The molecule has 3 aromatic rings. The number of rotatable bonds is 11. The molecular weight excluding hydrogens is 621 g/mol. The Kier molecular flexibility index (Phi) is 10.0. The van der Waals surface area contributed by atoms with Gasteiger partial charge in [0.2, 0.25) is 0 Å². The second kappa shape index (κ2) is 12.6. The zero-order chi connectivity index (χ0) is 31.6. The van der Waals surface area contributed by atoms with Crippen molar-refractivity contribution in [3.8, 4) is 11.5 Å². The minimum atomic E-state index is -4.75. The number of anilines is 1. The molecule has 6 nitrogen and oxygen atoms in total. The van der Waals surface area contributed by atoms with Crippen LogP contribution >= 0.6 is 23.2 Å². The van der Waals surface area contributed by atoms with E-state index in [-0.39, 0.29) is 63.2 Å². The lowest BCUT2D eigenvalue weighted by atomic mass is 9.83. The van der Waals surface area contributed by atoms with Crippen LogP contribution in [0.4, 0.5) is 23.2 Å². The third-order valence-corrected chi connectivity index (χ3v) is 8.59. The highest BCUT2D eigenvalue weighted by Crippen LogP contribution is 2.39. The van der Waals surface area contributed by atoms with Gasteiger partial charge in [0.25, 0.3) is 10.0 Å². The summed E-state index contributed by atoms with van der Waals surface area (Å²) < 4.78 is 88.4. The molecular formula is C29H27Cl2F4NO5S. The first-order valence-electron chi connectivity index (χ1n) is 12.5. The van der Waals surface area contributed by atoms with Gasteiger partial charge < -0.3 is 4.74 Å². The molecule has 0 heterocycles. The van der Waals surface area contributed by atoms with E-state index in [1.54, 1.807) is 0 Å². The molecule has 0 saturated carbocycles. The van der Waals surface area contributed by atoms with Crippen LogP contribution in [-0.4, -0.2) is 20.0 Å². The molecule has 0 spiro atoms. The first kappa shape index (κ1) is 33.4. The average Bonchev–Trinajstić information content (AvgIpc) is 2.86. The van der Waals surface area contributed by atoms with E-state index in [0.29, 0.717) is 24.6 Å². The molecule has 42 heavy (non-hydrogen) atoms. The third-order valence-electron chi connectivity index (χ3n) is 6.45. The van der Waals surface area contributed by atoms with Gasteiger partial charge in [-0.3, -0.25) is 14.3 Å². The van der Waals surface area contributed by atoms with Crippen LogP contribution in [0.3, 0.4) is 0 Å². The standard InChI is InChI=1S/C29H27Cl2F4NO5S/c1-5-28(3,4)15-24(38)17-6-8-25(41-26-14-22(32)18(10-16(2)37)11-20(26)30)23(12-17)36-42(39,40)27-9-7-19(13-21(27)31)29(33,34)35/h6-9,11-14,36H,5,10,15H2,1-4H3. The molecule has 1 N–H and O–H groups in total. The summed E-state index contributed by atoms with van der Waals surface area (Å²) in [6.07, 6.45) is -4.14. The van der Waals surface area contributed by atoms with Gasteiger partial charge in [0, 0.05) is 24.5 Å². The third kappa shape index (κ3) is 8.23. The Hall–Kier alpha value is -3.15. The molecule has 0 aliphatic carbocycles. The van der Waals surface area contributed by atoms with Crippen molar-refractivity contribution in [3.05, 3.63) is 81.1 Å². The quantitative estimate of drug-likeness (QED) is 0.166. The molecule has 0 aromatic heterocycles. The summed E-state index contributed by atoms with van der Waals surface area (Å²) in [6.45, 7) is 6.99. The summed E-state index contributed by atoms with van der Waals surface area (Å²) in [5.41, 5.74) is -1.64. The molecule has 3 aromatic carbocycles. The van der Waals surface area contributed by atoms with Crippen molar-refractivity contribution >= 4 is 50.5 Å². The van der Waals surface area contributed by atoms with Gasteiger partial charge in [-0.2, -0.15) is 13.2 Å². The van der Waals surface area contributed by atoms with Crippen LogP contribution in [0.2, 0.25) is 10.0 Å². The first-order chi connectivity index (χ1) is 19.3. The number of Topliss-reactive ketones (excluding diaryl/α,β-unsaturated/α-hetero) is 2. The topological polar surface area (TPSA) is 89.5 Å². The predicted molar refractivity (Wildman–Crippen MR) is 153 cm³/mol. The summed E-state index contributed by atoms with van der Waals surface area (Å²) in [6, 6.07) is 7.73. The lowest BCUT2D eigenvalue weighted by Crippen LogP contribution is -2.17. The van der Waals surface area contributed by atoms with Crippen LogP contribution in [0.25, 0.3) is 0 Å². The predicted octanol–water partition coefficient (Wildman–Crippen LogP) is 8.88. The summed E-state index contributed by atoms with van der Waals surface area (Å²) >= 11 is 12.2. The van der Waals surface area contributed by atoms with Crippen LogP contribution in [0.5, 0.6) is 11.5 Å². The highest BCUT2D eigenvalue weighted by Gasteiger charge is 2.32. The van der Waals surface area contributed by atoms with Gasteiger partial charge in [0.05, 0.1) is 21.3 Å². The molecule has 0 radical (unpaired) electrons. The highest BCUT2D eigenvalue weighted by molar-refractivity contribution is 7.92. The average molecular weight is 649 g/mol. The monoisotopic (exact) mass is 647 g/mol. The molecule has 0 amide bonds. The van der Waals surface area contributed by atoms with Gasteiger partial charge in [-0.25, -0.2) is 12.8 Å². The number of benzene rings is 3. The molecule has 0 bridgehead atoms. The van der Waals surface area contributed by atoms with E-state index in [2.05, 4.69) is 4.72 Å². The summed E-state index contributed by atoms with van der Waals surface area (Å²) in [5, 5.41) is -0.778. The normalized spacial score (nSPS) is 12.2. The van der Waals surface area contributed by atoms with Crippen molar-refractivity contribution < 1.29 is 40.3 Å². The fourth-order valence-corrected chi connectivity index (χ4v) is 5.63. The number of ketones is 2. The van der Waals surface area contributed by atoms with Gasteiger partial charge in [-0.1, -0.05) is 50.4 Å². The van der Waals surface area contributed by atoms with Crippen LogP contribution in [0, 0.1) is 11.2 Å². The number of sulfonamides is 1. The number of hydrogen-bond donors (Lipinski definition) is 1. The van der Waals surface area contributed by atoms with E-state index in [0.717, 1.165) is 6.07 Å². The van der Waals surface area contributed by atoms with Gasteiger partial charge >= 0.3 is 6.18 Å². The van der Waals surface area contributed by atoms with Gasteiger partial charge in [0.15, 0.2) is 11.5 Å². The van der Waals surface area contributed by atoms with Crippen molar-refractivity contribution in [2.45, 2.75) is 58.0 Å². The van der Waals surface area contributed by atoms with Gasteiger partial charge in [-0.05, 0) is 60.4 Å². The van der Waals surface area contributed by atoms with E-state index < -0.39 is 37.5 Å². The Balaban J connectivity index is 2.08. The van der Waals surface area contributed by atoms with E-state index >= 15 is 0 Å². The largest absolute Gasteiger partial charge is 0.453 e. The molecule has 13 heteroatoms. The van der Waals surface area contributed by atoms with E-state index in [4.69, 9.17) is 27.9 Å². The van der Waals surface area contributed by atoms with E-state index in [1.165, 1.54) is 31.2 Å². The maximum atomic E-state index is 14.7. The SMILES string of the molecule is CCC(C)(C)CC(=O)c1ccc(Oc2cc(F)c(CC(C)=O)cc2Cl)c(NS(=O)(=O)c2ccc(C(F)(F)F)cc2Cl)c1. The first-order valence-corrected chi connectivity index (χ1v) is 14.8. The Morgan fingerprint density at radius 2 is 1.62 bits per heavy atom. The number of ether oxygens (including phenoxy) is 1. The number of carbonyl (C=O) groups is 2. The lowest BCUT2D eigenvalue weighted by Gasteiger charge is -2.22. The van der Waals surface area contributed by atoms with Crippen LogP contribution in [0.1, 0.15) is 62.0 Å². The molecule has 0 fully saturated rings. The number of halogens is 6. The van der Waals surface area contributed by atoms with Crippen molar-refractivity contribution in [2.24, 2.45) is 5.41 Å². The summed E-state index contributed by atoms with van der Waals surface area (Å²) in [5.74, 6) is -1.83. The van der Waals surface area contributed by atoms with Gasteiger partial charge in [0.1, 0.15) is 22.2 Å². The Labute approximate surface area is 251 Å². The summed E-state index contributed by atoms with van der Waals surface area (Å²) in [7, 11) is -4.63. The number of carbonyl (C=O) groups excluding carboxylic acids is 2. The van der Waals surface area contributed by atoms with Gasteiger partial charge in [-0.15, -0.1) is 0 Å². The molecule has 0 aliphatic rings. The second-order valence-corrected chi connectivity index (χ2v) is 12.9. The smallest absolute Gasteiger partial charge is 0.416 e. The zero-order valence-electron chi connectivity index (χ0n) is 23.0. The van der Waals surface area contributed by atoms with Crippen LogP contribution in [-0.2, 0) is 27.4 Å². The number of nitrogens with one attached hydrogen (secondary N) is 1. The minimum absolute atomic E-state index is 0.0252. The van der Waals surface area contributed by atoms with Crippen LogP contribution < -0.4 is 9.46 Å². The fraction of sp³-hybridized carbons (Fsp3) is 0.310. The molecule has 0 aliphatic heterocycles. The molecule has 3 rings (SSSR count). The number of hydrogen-bond acceptors (Lipinski definition) is 5. The maximum absolute atomic E-state index is 14.7. The second-order valence-electron chi connectivity index (χ2n) is 10.4. The van der Waals surface area contributed by atoms with Crippen molar-refractivity contribution in [1.82, 2.24) is 0 Å². The molecule has 0 atom stereocenters. The fourth-order valence-electron chi connectivity index (χ4n) is 3.80. The Morgan fingerprint density at radius 1 is 0.952 bits per heavy atom. The Bertz CT molecular complexity index is 1640. The van der Waals surface area contributed by atoms with E-state index in [1.807, 2.05) is 20.8 Å². The summed E-state index contributed by atoms with van der Waals surface area (Å²) in [4.78, 5) is 23.8. The van der Waals surface area contributed by atoms with Crippen LogP contribution in [0.15, 0.2) is 53.4 Å². The minimum Gasteiger partial charge on any atom is -0.453 e. The number of alkyl halides is 3. The van der Waals surface area contributed by atoms with Crippen molar-refractivity contribution in [3.63, 3.8) is 0 Å². The molecule has 226 valence electrons. The lowest BCUT2D eigenvalue weighted by molar-refractivity contribution is -0.137. The zero-order valence-corrected chi connectivity index (χ0v) is 25.3. The molecule has 0 unspecified atom stereocenters. The van der Waals surface area contributed by atoms with Crippen molar-refractivity contribution in [1.29, 1.82) is 0 Å². The Morgan fingerprint density at radius 3 is 2.19 bits per heavy atom. The van der Waals surface area contributed by atoms with E-state index in [9.17, 15) is 35.6 Å².